The highest BCUT2D eigenvalue weighted by Crippen LogP contribution is 2.32. The highest BCUT2D eigenvalue weighted by Gasteiger charge is 2.01. The lowest BCUT2D eigenvalue weighted by Crippen LogP contribution is -1.74. The molecule has 0 amide bonds. The number of methoxy groups -OCH3 is 1. The summed E-state index contributed by atoms with van der Waals surface area (Å²) in [6.07, 6.45) is 0. The smallest absolute Gasteiger partial charge is 0.173 e. The molecule has 0 bridgehead atoms. The van der Waals surface area contributed by atoms with Gasteiger partial charge in [0.1, 0.15) is 0 Å². The van der Waals surface area contributed by atoms with Crippen molar-refractivity contribution in [2.75, 3.05) is 7.11 Å². The fraction of sp³-hybridized carbons (Fsp3) is 0.167. The first kappa shape index (κ1) is 9.28. The maximum absolute atomic E-state index is 5.16. The first-order chi connectivity index (χ1) is 6.79. The molecule has 0 spiro atoms. The van der Waals surface area contributed by atoms with Crippen molar-refractivity contribution >= 4 is 11.3 Å². The van der Waals surface area contributed by atoms with Gasteiger partial charge < -0.3 is 4.74 Å². The Labute approximate surface area is 88.0 Å². The molecule has 2 heteroatoms. The van der Waals surface area contributed by atoms with Gasteiger partial charge in [-0.15, -0.1) is 0 Å². The van der Waals surface area contributed by atoms with Crippen molar-refractivity contribution in [1.29, 1.82) is 0 Å². The van der Waals surface area contributed by atoms with Crippen molar-refractivity contribution in [3.63, 3.8) is 0 Å². The first-order valence-corrected chi connectivity index (χ1v) is 5.32. The third-order valence-corrected chi connectivity index (χ3v) is 3.21. The molecule has 0 N–H and O–H groups in total. The molecule has 1 aromatic heterocycles. The molecule has 0 saturated heterocycles. The Bertz CT molecular complexity index is 414. The molecular weight excluding hydrogens is 192 g/mol. The third-order valence-electron chi connectivity index (χ3n) is 2.12. The van der Waals surface area contributed by atoms with E-state index in [1.54, 1.807) is 18.4 Å². The van der Waals surface area contributed by atoms with Crippen molar-refractivity contribution in [3.8, 4) is 15.5 Å². The Morgan fingerprint density at radius 1 is 1.00 bits per heavy atom. The van der Waals surface area contributed by atoms with Gasteiger partial charge in [0.05, 0.1) is 7.11 Å². The van der Waals surface area contributed by atoms with Crippen LogP contribution in [0.5, 0.6) is 5.06 Å². The number of hydrogen-bond donors (Lipinski definition) is 0. The molecule has 0 saturated carbocycles. The Hall–Kier alpha value is -1.28. The third kappa shape index (κ3) is 1.80. The normalized spacial score (nSPS) is 10.1. The maximum Gasteiger partial charge on any atom is 0.173 e. The molecule has 1 aromatic carbocycles. The van der Waals surface area contributed by atoms with Gasteiger partial charge in [-0.25, -0.2) is 0 Å². The lowest BCUT2D eigenvalue weighted by Gasteiger charge is -1.97. The van der Waals surface area contributed by atoms with E-state index in [2.05, 4.69) is 37.3 Å². The zero-order valence-electron chi connectivity index (χ0n) is 8.28. The standard InChI is InChI=1S/C12H12OS/c1-9-3-5-10(6-4-9)11-7-8-12(13-2)14-11/h3-8H,1-2H3. The molecule has 1 heterocycles. The van der Waals surface area contributed by atoms with Gasteiger partial charge in [-0.1, -0.05) is 41.2 Å². The second kappa shape index (κ2) is 3.84. The van der Waals surface area contributed by atoms with E-state index < -0.39 is 0 Å². The fourth-order valence-corrected chi connectivity index (χ4v) is 2.13. The predicted octanol–water partition coefficient (Wildman–Crippen LogP) is 3.73. The van der Waals surface area contributed by atoms with E-state index in [1.807, 2.05) is 6.07 Å². The maximum atomic E-state index is 5.16. The Kier molecular flexibility index (Phi) is 2.55. The number of benzene rings is 1. The number of ether oxygens (including phenoxy) is 1. The fourth-order valence-electron chi connectivity index (χ4n) is 1.30. The summed E-state index contributed by atoms with van der Waals surface area (Å²) in [5.74, 6) is 0. The Morgan fingerprint density at radius 3 is 2.29 bits per heavy atom. The van der Waals surface area contributed by atoms with E-state index in [9.17, 15) is 0 Å². The quantitative estimate of drug-likeness (QED) is 0.724. The summed E-state index contributed by atoms with van der Waals surface area (Å²) < 4.78 is 5.16. The second-order valence-electron chi connectivity index (χ2n) is 3.19. The van der Waals surface area contributed by atoms with E-state index in [0.29, 0.717) is 0 Å². The predicted molar refractivity (Wildman–Crippen MR) is 61.0 cm³/mol. The van der Waals surface area contributed by atoms with Crippen LogP contribution in [0.4, 0.5) is 0 Å². The molecule has 0 aliphatic carbocycles. The monoisotopic (exact) mass is 204 g/mol. The summed E-state index contributed by atoms with van der Waals surface area (Å²) in [7, 11) is 1.70. The van der Waals surface area contributed by atoms with Crippen molar-refractivity contribution < 1.29 is 4.74 Å². The van der Waals surface area contributed by atoms with E-state index in [0.717, 1.165) is 5.06 Å². The largest absolute Gasteiger partial charge is 0.487 e. The molecule has 2 aromatic rings. The summed E-state index contributed by atoms with van der Waals surface area (Å²) >= 11 is 1.67. The van der Waals surface area contributed by atoms with Crippen LogP contribution >= 0.6 is 11.3 Å². The highest BCUT2D eigenvalue weighted by molar-refractivity contribution is 7.17. The van der Waals surface area contributed by atoms with Crippen molar-refractivity contribution in [1.82, 2.24) is 0 Å². The Morgan fingerprint density at radius 2 is 1.71 bits per heavy atom. The number of thiophene rings is 1. The molecule has 0 aliphatic heterocycles. The van der Waals surface area contributed by atoms with E-state index in [-0.39, 0.29) is 0 Å². The zero-order valence-corrected chi connectivity index (χ0v) is 9.10. The van der Waals surface area contributed by atoms with Gasteiger partial charge in [0.2, 0.25) is 0 Å². The summed E-state index contributed by atoms with van der Waals surface area (Å²) in [6.45, 7) is 2.10. The van der Waals surface area contributed by atoms with Crippen LogP contribution in [-0.2, 0) is 0 Å². The number of rotatable bonds is 2. The van der Waals surface area contributed by atoms with Gasteiger partial charge in [0.25, 0.3) is 0 Å². The van der Waals surface area contributed by atoms with Gasteiger partial charge in [-0.3, -0.25) is 0 Å². The lowest BCUT2D eigenvalue weighted by molar-refractivity contribution is 0.427. The topological polar surface area (TPSA) is 9.23 Å². The Balaban J connectivity index is 2.34. The van der Waals surface area contributed by atoms with Crippen LogP contribution in [0.25, 0.3) is 10.4 Å². The van der Waals surface area contributed by atoms with E-state index in [1.165, 1.54) is 16.0 Å². The average molecular weight is 204 g/mol. The number of aryl methyl sites for hydroxylation is 1. The highest BCUT2D eigenvalue weighted by atomic mass is 32.1. The molecule has 0 radical (unpaired) electrons. The first-order valence-electron chi connectivity index (χ1n) is 4.50. The van der Waals surface area contributed by atoms with Crippen molar-refractivity contribution in [2.45, 2.75) is 6.92 Å². The number of hydrogen-bond acceptors (Lipinski definition) is 2. The van der Waals surface area contributed by atoms with Crippen LogP contribution in [-0.4, -0.2) is 7.11 Å². The van der Waals surface area contributed by atoms with Gasteiger partial charge in [0, 0.05) is 4.88 Å². The second-order valence-corrected chi connectivity index (χ2v) is 4.24. The molecule has 1 nitrogen and oxygen atoms in total. The van der Waals surface area contributed by atoms with Gasteiger partial charge in [0.15, 0.2) is 5.06 Å². The lowest BCUT2D eigenvalue weighted by atomic mass is 10.1. The van der Waals surface area contributed by atoms with Crippen LogP contribution in [0, 0.1) is 6.92 Å². The molecule has 72 valence electrons. The van der Waals surface area contributed by atoms with Crippen LogP contribution in [0.2, 0.25) is 0 Å². The van der Waals surface area contributed by atoms with Gasteiger partial charge in [-0.05, 0) is 24.6 Å². The van der Waals surface area contributed by atoms with Gasteiger partial charge in [-0.2, -0.15) is 0 Å². The SMILES string of the molecule is COc1ccc(-c2ccc(C)cc2)s1. The molecule has 0 aliphatic rings. The van der Waals surface area contributed by atoms with Crippen LogP contribution in [0.3, 0.4) is 0 Å². The minimum Gasteiger partial charge on any atom is -0.487 e. The molecule has 0 fully saturated rings. The van der Waals surface area contributed by atoms with Crippen molar-refractivity contribution in [3.05, 3.63) is 42.0 Å². The molecular formula is C12H12OS. The van der Waals surface area contributed by atoms with Crippen LogP contribution < -0.4 is 4.74 Å². The van der Waals surface area contributed by atoms with Crippen LogP contribution in [0.1, 0.15) is 5.56 Å². The molecule has 2 rings (SSSR count). The summed E-state index contributed by atoms with van der Waals surface area (Å²) in [6, 6.07) is 12.6. The van der Waals surface area contributed by atoms with E-state index in [4.69, 9.17) is 4.74 Å². The van der Waals surface area contributed by atoms with Crippen LogP contribution in [0.15, 0.2) is 36.4 Å². The minimum absolute atomic E-state index is 0.959. The molecule has 0 atom stereocenters. The summed E-state index contributed by atoms with van der Waals surface area (Å²) in [5, 5.41) is 0.959. The van der Waals surface area contributed by atoms with Gasteiger partial charge >= 0.3 is 0 Å². The summed E-state index contributed by atoms with van der Waals surface area (Å²) in [5.41, 5.74) is 2.54. The van der Waals surface area contributed by atoms with E-state index >= 15 is 0 Å². The van der Waals surface area contributed by atoms with Crippen molar-refractivity contribution in [2.24, 2.45) is 0 Å². The zero-order chi connectivity index (χ0) is 9.97. The molecule has 14 heavy (non-hydrogen) atoms. The average Bonchev–Trinajstić information content (AvgIpc) is 2.67. The molecule has 0 unspecified atom stereocenters. The minimum atomic E-state index is 0.959. The summed E-state index contributed by atoms with van der Waals surface area (Å²) in [4.78, 5) is 1.25.